The van der Waals surface area contributed by atoms with Crippen LogP contribution < -0.4 is 10.2 Å². The van der Waals surface area contributed by atoms with Crippen molar-refractivity contribution in [3.8, 4) is 0 Å². The molecule has 1 heterocycles. The molecule has 0 saturated carbocycles. The van der Waals surface area contributed by atoms with Gasteiger partial charge in [0.25, 0.3) is 5.91 Å². The summed E-state index contributed by atoms with van der Waals surface area (Å²) >= 11 is 3.36. The minimum absolute atomic E-state index is 0.139. The number of fused-ring (bicyclic) bond motifs is 1. The van der Waals surface area contributed by atoms with Crippen molar-refractivity contribution in [3.63, 3.8) is 0 Å². The third kappa shape index (κ3) is 3.03. The van der Waals surface area contributed by atoms with Gasteiger partial charge in [0.1, 0.15) is 11.6 Å². The third-order valence-electron chi connectivity index (χ3n) is 3.83. The van der Waals surface area contributed by atoms with Crippen LogP contribution >= 0.6 is 15.9 Å². The van der Waals surface area contributed by atoms with E-state index in [-0.39, 0.29) is 11.5 Å². The number of nitrogens with zero attached hydrogens (tertiary/aromatic N) is 1. The first-order valence-corrected chi connectivity index (χ1v) is 8.03. The van der Waals surface area contributed by atoms with Crippen LogP contribution in [0.25, 0.3) is 0 Å². The maximum absolute atomic E-state index is 13.8. The molecule has 0 radical (unpaired) electrons. The van der Waals surface area contributed by atoms with Crippen LogP contribution in [0, 0.1) is 11.6 Å². The smallest absolute Gasteiger partial charge is 0.258 e. The van der Waals surface area contributed by atoms with Gasteiger partial charge in [-0.2, -0.15) is 0 Å². The molecule has 1 aliphatic heterocycles. The molecule has 124 valence electrons. The first-order chi connectivity index (χ1) is 11.4. The number of rotatable bonds is 2. The van der Waals surface area contributed by atoms with Crippen molar-refractivity contribution in [2.24, 2.45) is 0 Å². The van der Waals surface area contributed by atoms with Crippen LogP contribution in [-0.4, -0.2) is 18.4 Å². The molecule has 3 rings (SSSR count). The summed E-state index contributed by atoms with van der Waals surface area (Å²) in [6, 6.07) is 6.29. The molecule has 4 nitrogen and oxygen atoms in total. The number of carbonyl (C=O) groups excluding carboxylic acids is 2. The number of amides is 2. The summed E-state index contributed by atoms with van der Waals surface area (Å²) in [6.07, 6.45) is 0.669. The molecule has 0 aliphatic carbocycles. The summed E-state index contributed by atoms with van der Waals surface area (Å²) in [5.74, 6) is -2.54. The highest BCUT2D eigenvalue weighted by atomic mass is 79.9. The van der Waals surface area contributed by atoms with Gasteiger partial charge in [0, 0.05) is 24.0 Å². The molecule has 1 N–H and O–H groups in total. The summed E-state index contributed by atoms with van der Waals surface area (Å²) in [5.41, 5.74) is 1.66. The molecule has 0 aromatic heterocycles. The Bertz CT molecular complexity index is 855. The largest absolute Gasteiger partial charge is 0.320 e. The maximum Gasteiger partial charge on any atom is 0.258 e. The average molecular weight is 395 g/mol. The Kier molecular flexibility index (Phi) is 4.36. The highest BCUT2D eigenvalue weighted by molar-refractivity contribution is 9.10. The molecule has 2 aromatic rings. The van der Waals surface area contributed by atoms with Crippen LogP contribution in [-0.2, 0) is 11.2 Å². The molecular weight excluding hydrogens is 382 g/mol. The van der Waals surface area contributed by atoms with Crippen LogP contribution in [0.15, 0.2) is 34.8 Å². The lowest BCUT2D eigenvalue weighted by Gasteiger charge is -2.19. The maximum atomic E-state index is 13.8. The highest BCUT2D eigenvalue weighted by Crippen LogP contribution is 2.38. The second-order valence-corrected chi connectivity index (χ2v) is 6.38. The molecule has 0 saturated heterocycles. The van der Waals surface area contributed by atoms with Crippen molar-refractivity contribution < 1.29 is 18.4 Å². The van der Waals surface area contributed by atoms with Crippen LogP contribution in [0.2, 0.25) is 0 Å². The van der Waals surface area contributed by atoms with Gasteiger partial charge in [-0.1, -0.05) is 15.9 Å². The second kappa shape index (κ2) is 6.32. The monoisotopic (exact) mass is 394 g/mol. The zero-order valence-electron chi connectivity index (χ0n) is 12.7. The first kappa shape index (κ1) is 16.6. The van der Waals surface area contributed by atoms with E-state index in [1.165, 1.54) is 6.92 Å². The lowest BCUT2D eigenvalue weighted by Crippen LogP contribution is -2.27. The first-order valence-electron chi connectivity index (χ1n) is 7.23. The van der Waals surface area contributed by atoms with Gasteiger partial charge in [-0.25, -0.2) is 8.78 Å². The molecule has 0 atom stereocenters. The number of halogens is 3. The van der Waals surface area contributed by atoms with E-state index < -0.39 is 17.5 Å². The Balaban J connectivity index is 1.98. The summed E-state index contributed by atoms with van der Waals surface area (Å²) in [4.78, 5) is 25.7. The van der Waals surface area contributed by atoms with E-state index in [4.69, 9.17) is 0 Å². The Morgan fingerprint density at radius 3 is 2.62 bits per heavy atom. The topological polar surface area (TPSA) is 49.4 Å². The molecule has 2 amide bonds. The number of hydrogen-bond donors (Lipinski definition) is 1. The number of nitrogens with one attached hydrogen (secondary N) is 1. The van der Waals surface area contributed by atoms with Gasteiger partial charge in [0.05, 0.1) is 16.9 Å². The molecule has 0 bridgehead atoms. The number of benzene rings is 2. The summed E-state index contributed by atoms with van der Waals surface area (Å²) < 4.78 is 27.5. The summed E-state index contributed by atoms with van der Waals surface area (Å²) in [7, 11) is 0. The van der Waals surface area contributed by atoms with Gasteiger partial charge in [-0.3, -0.25) is 9.59 Å². The lowest BCUT2D eigenvalue weighted by molar-refractivity contribution is -0.116. The molecule has 1 aliphatic rings. The fourth-order valence-electron chi connectivity index (χ4n) is 2.78. The van der Waals surface area contributed by atoms with Crippen LogP contribution in [0.5, 0.6) is 0 Å². The molecular formula is C17H13BrF2N2O2. The quantitative estimate of drug-likeness (QED) is 0.839. The third-order valence-corrected chi connectivity index (χ3v) is 4.29. The Labute approximate surface area is 145 Å². The van der Waals surface area contributed by atoms with Gasteiger partial charge < -0.3 is 10.2 Å². The highest BCUT2D eigenvalue weighted by Gasteiger charge is 2.27. The van der Waals surface area contributed by atoms with E-state index >= 15 is 0 Å². The van der Waals surface area contributed by atoms with Gasteiger partial charge >= 0.3 is 0 Å². The fraction of sp³-hybridized carbons (Fsp3) is 0.176. The van der Waals surface area contributed by atoms with Gasteiger partial charge in [0.15, 0.2) is 0 Å². The van der Waals surface area contributed by atoms with Crippen molar-refractivity contribution in [3.05, 3.63) is 57.6 Å². The molecule has 7 heteroatoms. The average Bonchev–Trinajstić information content (AvgIpc) is 2.90. The van der Waals surface area contributed by atoms with Gasteiger partial charge in [0.2, 0.25) is 5.91 Å². The van der Waals surface area contributed by atoms with Crippen molar-refractivity contribution in [1.29, 1.82) is 0 Å². The summed E-state index contributed by atoms with van der Waals surface area (Å²) in [6.45, 7) is 1.97. The van der Waals surface area contributed by atoms with Crippen LogP contribution in [0.1, 0.15) is 22.8 Å². The zero-order valence-corrected chi connectivity index (χ0v) is 14.3. The second-order valence-electron chi connectivity index (χ2n) is 5.46. The van der Waals surface area contributed by atoms with Crippen molar-refractivity contribution >= 4 is 39.1 Å². The van der Waals surface area contributed by atoms with E-state index in [0.29, 0.717) is 30.4 Å². The van der Waals surface area contributed by atoms with E-state index in [9.17, 15) is 18.4 Å². The minimum Gasteiger partial charge on any atom is -0.320 e. The SMILES string of the molecule is CC(=O)N1CCc2cc(Br)cc(NC(=O)c3ccc(F)cc3F)c21. The van der Waals surface area contributed by atoms with Crippen LogP contribution in [0.4, 0.5) is 20.2 Å². The molecule has 24 heavy (non-hydrogen) atoms. The number of hydrogen-bond acceptors (Lipinski definition) is 2. The Morgan fingerprint density at radius 1 is 1.21 bits per heavy atom. The lowest BCUT2D eigenvalue weighted by atomic mass is 10.1. The van der Waals surface area contributed by atoms with E-state index in [0.717, 1.165) is 22.2 Å². The van der Waals surface area contributed by atoms with E-state index in [2.05, 4.69) is 21.2 Å². The number of carbonyl (C=O) groups is 2. The predicted octanol–water partition coefficient (Wildman–Crippen LogP) is 3.89. The standard InChI is InChI=1S/C17H13BrF2N2O2/c1-9(23)22-5-4-10-6-11(18)7-15(16(10)22)21-17(24)13-3-2-12(19)8-14(13)20/h2-3,6-8H,4-5H2,1H3,(H,21,24). The van der Waals surface area contributed by atoms with Gasteiger partial charge in [-0.05, 0) is 36.2 Å². The molecule has 0 unspecified atom stereocenters. The van der Waals surface area contributed by atoms with Crippen molar-refractivity contribution in [2.45, 2.75) is 13.3 Å². The van der Waals surface area contributed by atoms with Crippen molar-refractivity contribution in [1.82, 2.24) is 0 Å². The predicted molar refractivity (Wildman–Crippen MR) is 90.2 cm³/mol. The van der Waals surface area contributed by atoms with E-state index in [1.54, 1.807) is 11.0 Å². The van der Waals surface area contributed by atoms with Crippen LogP contribution in [0.3, 0.4) is 0 Å². The van der Waals surface area contributed by atoms with Crippen molar-refractivity contribution in [2.75, 3.05) is 16.8 Å². The minimum atomic E-state index is -0.942. The molecule has 0 fully saturated rings. The fourth-order valence-corrected chi connectivity index (χ4v) is 3.29. The number of anilines is 2. The summed E-state index contributed by atoms with van der Waals surface area (Å²) in [5, 5.41) is 2.62. The zero-order chi connectivity index (χ0) is 17.4. The molecule has 0 spiro atoms. The Hall–Kier alpha value is -2.28. The van der Waals surface area contributed by atoms with Gasteiger partial charge in [-0.15, -0.1) is 0 Å². The Morgan fingerprint density at radius 2 is 1.96 bits per heavy atom. The normalized spacial score (nSPS) is 12.9. The van der Waals surface area contributed by atoms with E-state index in [1.807, 2.05) is 6.07 Å². The molecule has 2 aromatic carbocycles.